The molecule has 0 fully saturated rings. The van der Waals surface area contributed by atoms with Gasteiger partial charge in [0, 0.05) is 18.3 Å². The molecule has 0 atom stereocenters. The van der Waals surface area contributed by atoms with Crippen LogP contribution in [0.15, 0.2) is 59.1 Å². The number of amides is 1. The summed E-state index contributed by atoms with van der Waals surface area (Å²) in [6.07, 6.45) is 0. The van der Waals surface area contributed by atoms with E-state index in [2.05, 4.69) is 26.3 Å². The van der Waals surface area contributed by atoms with Gasteiger partial charge in [-0.2, -0.15) is 5.10 Å². The molecule has 1 aromatic heterocycles. The van der Waals surface area contributed by atoms with E-state index in [0.717, 1.165) is 27.2 Å². The number of nitrogens with one attached hydrogen (secondary N) is 1. The molecular weight excluding hydrogens is 394 g/mol. The molecule has 0 unspecified atom stereocenters. The lowest BCUT2D eigenvalue weighted by Crippen LogP contribution is -2.23. The Labute approximate surface area is 161 Å². The maximum atomic E-state index is 12.4. The lowest BCUT2D eigenvalue weighted by molar-refractivity contribution is 0.0950. The molecular formula is C20H20BrN3O2. The van der Waals surface area contributed by atoms with Crippen LogP contribution in [0.5, 0.6) is 5.75 Å². The number of halogens is 1. The van der Waals surface area contributed by atoms with E-state index in [9.17, 15) is 4.79 Å². The fourth-order valence-electron chi connectivity index (χ4n) is 2.52. The smallest absolute Gasteiger partial charge is 0.251 e. The van der Waals surface area contributed by atoms with Gasteiger partial charge in [-0.1, -0.05) is 24.3 Å². The largest absolute Gasteiger partial charge is 0.488 e. The van der Waals surface area contributed by atoms with Gasteiger partial charge in [0.25, 0.3) is 5.91 Å². The first kappa shape index (κ1) is 18.2. The van der Waals surface area contributed by atoms with Crippen LogP contribution in [0.1, 0.15) is 27.3 Å². The van der Waals surface area contributed by atoms with Gasteiger partial charge in [0.05, 0.1) is 16.7 Å². The van der Waals surface area contributed by atoms with E-state index in [1.54, 1.807) is 10.7 Å². The number of nitrogens with zero attached hydrogens (tertiary/aromatic N) is 2. The van der Waals surface area contributed by atoms with E-state index < -0.39 is 0 Å². The SMILES string of the molecule is Cc1cc(CNC(=O)c2cccc(COc3ccccc3Br)c2)nn1C. The number of rotatable bonds is 6. The highest BCUT2D eigenvalue weighted by atomic mass is 79.9. The Morgan fingerprint density at radius 1 is 1.19 bits per heavy atom. The van der Waals surface area contributed by atoms with E-state index in [0.29, 0.717) is 18.7 Å². The third-order valence-electron chi connectivity index (χ3n) is 4.01. The summed E-state index contributed by atoms with van der Waals surface area (Å²) in [5, 5.41) is 7.24. The minimum atomic E-state index is -0.129. The molecule has 0 aliphatic heterocycles. The van der Waals surface area contributed by atoms with E-state index >= 15 is 0 Å². The Balaban J connectivity index is 1.61. The third kappa shape index (κ3) is 4.52. The van der Waals surface area contributed by atoms with Gasteiger partial charge < -0.3 is 10.1 Å². The highest BCUT2D eigenvalue weighted by Crippen LogP contribution is 2.24. The average molecular weight is 414 g/mol. The van der Waals surface area contributed by atoms with Crippen molar-refractivity contribution in [2.24, 2.45) is 7.05 Å². The van der Waals surface area contributed by atoms with Gasteiger partial charge >= 0.3 is 0 Å². The molecule has 1 N–H and O–H groups in total. The number of aryl methyl sites for hydroxylation is 2. The highest BCUT2D eigenvalue weighted by Gasteiger charge is 2.09. The molecule has 0 radical (unpaired) electrons. The molecule has 1 amide bonds. The molecule has 0 aliphatic rings. The standard InChI is InChI=1S/C20H20BrN3O2/c1-14-10-17(23-24(14)2)12-22-20(25)16-7-5-6-15(11-16)13-26-19-9-4-3-8-18(19)21/h3-11H,12-13H2,1-2H3,(H,22,25). The highest BCUT2D eigenvalue weighted by molar-refractivity contribution is 9.10. The Morgan fingerprint density at radius 3 is 2.73 bits per heavy atom. The van der Waals surface area contributed by atoms with Crippen LogP contribution < -0.4 is 10.1 Å². The van der Waals surface area contributed by atoms with E-state index in [-0.39, 0.29) is 5.91 Å². The molecule has 0 spiro atoms. The van der Waals surface area contributed by atoms with Crippen LogP contribution in [-0.4, -0.2) is 15.7 Å². The first-order valence-corrected chi connectivity index (χ1v) is 9.06. The fourth-order valence-corrected chi connectivity index (χ4v) is 2.92. The number of ether oxygens (including phenoxy) is 1. The first-order valence-electron chi connectivity index (χ1n) is 8.27. The van der Waals surface area contributed by atoms with E-state index in [4.69, 9.17) is 4.74 Å². The summed E-state index contributed by atoms with van der Waals surface area (Å²) in [4.78, 5) is 12.4. The molecule has 6 heteroatoms. The molecule has 1 heterocycles. The van der Waals surface area contributed by atoms with Gasteiger partial charge in [-0.15, -0.1) is 0 Å². The normalized spacial score (nSPS) is 10.6. The topological polar surface area (TPSA) is 56.1 Å². The van der Waals surface area contributed by atoms with Crippen LogP contribution in [0.2, 0.25) is 0 Å². The zero-order valence-electron chi connectivity index (χ0n) is 14.7. The second-order valence-corrected chi connectivity index (χ2v) is 6.86. The van der Waals surface area contributed by atoms with Gasteiger partial charge in [0.1, 0.15) is 12.4 Å². The van der Waals surface area contributed by atoms with Gasteiger partial charge in [0.15, 0.2) is 0 Å². The molecule has 3 rings (SSSR count). The second-order valence-electron chi connectivity index (χ2n) is 6.00. The maximum Gasteiger partial charge on any atom is 0.251 e. The van der Waals surface area contributed by atoms with Crippen LogP contribution in [0.3, 0.4) is 0 Å². The van der Waals surface area contributed by atoms with Crippen molar-refractivity contribution in [3.05, 3.63) is 81.6 Å². The quantitative estimate of drug-likeness (QED) is 0.664. The Morgan fingerprint density at radius 2 is 2.00 bits per heavy atom. The zero-order chi connectivity index (χ0) is 18.5. The number of para-hydroxylation sites is 1. The summed E-state index contributed by atoms with van der Waals surface area (Å²) in [6, 6.07) is 17.1. The molecule has 2 aromatic carbocycles. The summed E-state index contributed by atoms with van der Waals surface area (Å²) in [5.41, 5.74) is 3.43. The van der Waals surface area contributed by atoms with Crippen LogP contribution >= 0.6 is 15.9 Å². The molecule has 3 aromatic rings. The molecule has 0 bridgehead atoms. The zero-order valence-corrected chi connectivity index (χ0v) is 16.3. The van der Waals surface area contributed by atoms with Crippen molar-refractivity contribution < 1.29 is 9.53 Å². The molecule has 0 aliphatic carbocycles. The van der Waals surface area contributed by atoms with Crippen molar-refractivity contribution in [1.82, 2.24) is 15.1 Å². The van der Waals surface area contributed by atoms with Crippen molar-refractivity contribution in [3.8, 4) is 5.75 Å². The molecule has 0 saturated carbocycles. The van der Waals surface area contributed by atoms with Gasteiger partial charge in [-0.25, -0.2) is 0 Å². The minimum absolute atomic E-state index is 0.129. The van der Waals surface area contributed by atoms with Gasteiger partial charge in [-0.3, -0.25) is 9.48 Å². The van der Waals surface area contributed by atoms with Crippen LogP contribution in [0.4, 0.5) is 0 Å². The lowest BCUT2D eigenvalue weighted by atomic mass is 10.1. The summed E-state index contributed by atoms with van der Waals surface area (Å²) in [7, 11) is 1.88. The third-order valence-corrected chi connectivity index (χ3v) is 4.67. The van der Waals surface area contributed by atoms with Gasteiger partial charge in [0.2, 0.25) is 0 Å². The maximum absolute atomic E-state index is 12.4. The van der Waals surface area contributed by atoms with Crippen LogP contribution in [-0.2, 0) is 20.2 Å². The molecule has 5 nitrogen and oxygen atoms in total. The monoisotopic (exact) mass is 413 g/mol. The summed E-state index contributed by atoms with van der Waals surface area (Å²) in [6.45, 7) is 2.77. The Hall–Kier alpha value is -2.60. The van der Waals surface area contributed by atoms with Crippen molar-refractivity contribution in [2.45, 2.75) is 20.1 Å². The predicted molar refractivity (Wildman–Crippen MR) is 104 cm³/mol. The predicted octanol–water partition coefficient (Wildman–Crippen LogP) is 4.00. The second kappa shape index (κ2) is 8.19. The molecule has 0 saturated heterocycles. The number of hydrogen-bond acceptors (Lipinski definition) is 3. The summed E-state index contributed by atoms with van der Waals surface area (Å²) < 4.78 is 8.51. The number of carbonyl (C=O) groups is 1. The number of carbonyl (C=O) groups excluding carboxylic acids is 1. The average Bonchev–Trinajstić information content (AvgIpc) is 2.97. The van der Waals surface area contributed by atoms with Crippen molar-refractivity contribution in [2.75, 3.05) is 0 Å². The van der Waals surface area contributed by atoms with Crippen molar-refractivity contribution in [1.29, 1.82) is 0 Å². The minimum Gasteiger partial charge on any atom is -0.488 e. The molecule has 26 heavy (non-hydrogen) atoms. The van der Waals surface area contributed by atoms with E-state index in [1.807, 2.05) is 62.5 Å². The number of benzene rings is 2. The first-order chi connectivity index (χ1) is 12.5. The van der Waals surface area contributed by atoms with Gasteiger partial charge in [-0.05, 0) is 58.7 Å². The van der Waals surface area contributed by atoms with Crippen molar-refractivity contribution >= 4 is 21.8 Å². The fraction of sp³-hybridized carbons (Fsp3) is 0.200. The molecule has 134 valence electrons. The van der Waals surface area contributed by atoms with E-state index in [1.165, 1.54) is 0 Å². The number of hydrogen-bond donors (Lipinski definition) is 1. The number of aromatic nitrogens is 2. The summed E-state index contributed by atoms with van der Waals surface area (Å²) >= 11 is 3.46. The van der Waals surface area contributed by atoms with Crippen LogP contribution in [0.25, 0.3) is 0 Å². The lowest BCUT2D eigenvalue weighted by Gasteiger charge is -2.09. The Kier molecular flexibility index (Phi) is 5.73. The Bertz CT molecular complexity index is 901. The summed E-state index contributed by atoms with van der Waals surface area (Å²) in [5.74, 6) is 0.643. The van der Waals surface area contributed by atoms with Crippen molar-refractivity contribution in [3.63, 3.8) is 0 Å². The van der Waals surface area contributed by atoms with Crippen LogP contribution in [0, 0.1) is 6.92 Å².